The van der Waals surface area contributed by atoms with E-state index in [-0.39, 0.29) is 6.03 Å². The first kappa shape index (κ1) is 18.0. The van der Waals surface area contributed by atoms with Crippen molar-refractivity contribution in [3.63, 3.8) is 0 Å². The third-order valence-electron chi connectivity index (χ3n) is 4.67. The second kappa shape index (κ2) is 8.50. The lowest BCUT2D eigenvalue weighted by Gasteiger charge is -2.34. The Balaban J connectivity index is 1.43. The molecule has 0 bridgehead atoms. The van der Waals surface area contributed by atoms with Crippen LogP contribution in [0.1, 0.15) is 22.3 Å². The van der Waals surface area contributed by atoms with Crippen LogP contribution in [0.25, 0.3) is 0 Å². The molecule has 5 heteroatoms. The van der Waals surface area contributed by atoms with Gasteiger partial charge >= 0.3 is 6.03 Å². The highest BCUT2D eigenvalue weighted by atomic mass is 16.2. The summed E-state index contributed by atoms with van der Waals surface area (Å²) >= 11 is 0. The molecule has 0 atom stereocenters. The van der Waals surface area contributed by atoms with E-state index in [1.807, 2.05) is 17.0 Å². The van der Waals surface area contributed by atoms with Crippen LogP contribution >= 0.6 is 0 Å². The Morgan fingerprint density at radius 2 is 1.81 bits per heavy atom. The summed E-state index contributed by atoms with van der Waals surface area (Å²) in [5, 5.41) is 11.8. The summed E-state index contributed by atoms with van der Waals surface area (Å²) in [6.45, 7) is 6.78. The van der Waals surface area contributed by atoms with Crippen molar-refractivity contribution in [2.75, 3.05) is 26.2 Å². The van der Waals surface area contributed by atoms with Crippen molar-refractivity contribution in [1.29, 1.82) is 5.26 Å². The van der Waals surface area contributed by atoms with E-state index in [1.54, 1.807) is 12.1 Å². The Kier molecular flexibility index (Phi) is 5.88. The van der Waals surface area contributed by atoms with Gasteiger partial charge < -0.3 is 10.2 Å². The maximum atomic E-state index is 12.3. The first-order chi connectivity index (χ1) is 12.6. The Labute approximate surface area is 154 Å². The average molecular weight is 348 g/mol. The second-order valence-electron chi connectivity index (χ2n) is 6.72. The number of carbonyl (C=O) groups excluding carboxylic acids is 1. The van der Waals surface area contributed by atoms with E-state index >= 15 is 0 Å². The van der Waals surface area contributed by atoms with Crippen molar-refractivity contribution in [3.8, 4) is 6.07 Å². The molecule has 2 aromatic rings. The zero-order valence-corrected chi connectivity index (χ0v) is 15.1. The fourth-order valence-corrected chi connectivity index (χ4v) is 3.16. The average Bonchev–Trinajstić information content (AvgIpc) is 2.67. The molecule has 0 spiro atoms. The van der Waals surface area contributed by atoms with Crippen LogP contribution < -0.4 is 5.32 Å². The van der Waals surface area contributed by atoms with Crippen molar-refractivity contribution in [2.24, 2.45) is 0 Å². The quantitative estimate of drug-likeness (QED) is 0.924. The topological polar surface area (TPSA) is 59.4 Å². The lowest BCUT2D eigenvalue weighted by Crippen LogP contribution is -2.51. The highest BCUT2D eigenvalue weighted by Crippen LogP contribution is 2.11. The molecule has 0 aromatic heterocycles. The van der Waals surface area contributed by atoms with Crippen LogP contribution in [-0.2, 0) is 13.1 Å². The summed E-state index contributed by atoms with van der Waals surface area (Å²) in [4.78, 5) is 16.6. The lowest BCUT2D eigenvalue weighted by atomic mass is 10.1. The zero-order valence-electron chi connectivity index (χ0n) is 15.1. The number of aryl methyl sites for hydroxylation is 1. The SMILES string of the molecule is Cc1cccc(CN2CCN(C(=O)NCc3ccc(C#N)cc3)CC2)c1. The van der Waals surface area contributed by atoms with E-state index in [0.29, 0.717) is 12.1 Å². The minimum atomic E-state index is -0.0236. The third-order valence-corrected chi connectivity index (χ3v) is 4.67. The first-order valence-corrected chi connectivity index (χ1v) is 8.94. The normalized spacial score (nSPS) is 14.7. The Morgan fingerprint density at radius 1 is 1.08 bits per heavy atom. The predicted molar refractivity (Wildman–Crippen MR) is 101 cm³/mol. The van der Waals surface area contributed by atoms with Crippen LogP contribution in [-0.4, -0.2) is 42.0 Å². The van der Waals surface area contributed by atoms with Gasteiger partial charge in [0.1, 0.15) is 0 Å². The number of hydrogen-bond acceptors (Lipinski definition) is 3. The summed E-state index contributed by atoms with van der Waals surface area (Å²) in [5.41, 5.74) is 4.23. The highest BCUT2D eigenvalue weighted by Gasteiger charge is 2.20. The summed E-state index contributed by atoms with van der Waals surface area (Å²) in [7, 11) is 0. The molecule has 1 heterocycles. The van der Waals surface area contributed by atoms with Gasteiger partial charge in [-0.05, 0) is 30.2 Å². The second-order valence-corrected chi connectivity index (χ2v) is 6.72. The molecular formula is C21H24N4O. The molecule has 26 heavy (non-hydrogen) atoms. The summed E-state index contributed by atoms with van der Waals surface area (Å²) < 4.78 is 0. The van der Waals surface area contributed by atoms with E-state index in [9.17, 15) is 4.79 Å². The van der Waals surface area contributed by atoms with Gasteiger partial charge in [0.2, 0.25) is 0 Å². The molecule has 3 rings (SSSR count). The van der Waals surface area contributed by atoms with Crippen LogP contribution in [0, 0.1) is 18.3 Å². The predicted octanol–water partition coefficient (Wildman–Crippen LogP) is 2.89. The van der Waals surface area contributed by atoms with Crippen LogP contribution in [0.5, 0.6) is 0 Å². The molecule has 2 amide bonds. The van der Waals surface area contributed by atoms with Gasteiger partial charge in [0.15, 0.2) is 0 Å². The van der Waals surface area contributed by atoms with E-state index in [1.165, 1.54) is 11.1 Å². The third kappa shape index (κ3) is 4.84. The summed E-state index contributed by atoms with van der Waals surface area (Å²) in [5.74, 6) is 0. The van der Waals surface area contributed by atoms with Gasteiger partial charge in [0, 0.05) is 39.3 Å². The molecule has 0 unspecified atom stereocenters. The van der Waals surface area contributed by atoms with Gasteiger partial charge in [-0.2, -0.15) is 5.26 Å². The van der Waals surface area contributed by atoms with Gasteiger partial charge in [-0.1, -0.05) is 42.0 Å². The molecule has 134 valence electrons. The first-order valence-electron chi connectivity index (χ1n) is 8.94. The highest BCUT2D eigenvalue weighted by molar-refractivity contribution is 5.74. The molecule has 1 saturated heterocycles. The molecule has 1 aliphatic rings. The van der Waals surface area contributed by atoms with Crippen LogP contribution in [0.2, 0.25) is 0 Å². The number of rotatable bonds is 4. The molecule has 1 fully saturated rings. The van der Waals surface area contributed by atoms with Gasteiger partial charge in [0.25, 0.3) is 0 Å². The van der Waals surface area contributed by atoms with Crippen molar-refractivity contribution in [2.45, 2.75) is 20.0 Å². The van der Waals surface area contributed by atoms with Crippen LogP contribution in [0.3, 0.4) is 0 Å². The van der Waals surface area contributed by atoms with Crippen molar-refractivity contribution in [3.05, 3.63) is 70.8 Å². The smallest absolute Gasteiger partial charge is 0.317 e. The van der Waals surface area contributed by atoms with Gasteiger partial charge in [0.05, 0.1) is 11.6 Å². The number of hydrogen-bond donors (Lipinski definition) is 1. The monoisotopic (exact) mass is 348 g/mol. The van der Waals surface area contributed by atoms with E-state index in [2.05, 4.69) is 47.5 Å². The van der Waals surface area contributed by atoms with E-state index < -0.39 is 0 Å². The van der Waals surface area contributed by atoms with Crippen molar-refractivity contribution >= 4 is 6.03 Å². The summed E-state index contributed by atoms with van der Waals surface area (Å²) in [6, 6.07) is 17.9. The molecule has 0 aliphatic carbocycles. The minimum absolute atomic E-state index is 0.0236. The molecule has 1 aliphatic heterocycles. The number of urea groups is 1. The zero-order chi connectivity index (χ0) is 18.4. The Morgan fingerprint density at radius 3 is 2.46 bits per heavy atom. The number of nitrogens with one attached hydrogen (secondary N) is 1. The van der Waals surface area contributed by atoms with E-state index in [0.717, 1.165) is 38.3 Å². The molecule has 2 aromatic carbocycles. The maximum Gasteiger partial charge on any atom is 0.317 e. The molecule has 0 saturated carbocycles. The summed E-state index contributed by atoms with van der Waals surface area (Å²) in [6.07, 6.45) is 0. The van der Waals surface area contributed by atoms with Crippen LogP contribution in [0.15, 0.2) is 48.5 Å². The molecule has 5 nitrogen and oxygen atoms in total. The fourth-order valence-electron chi connectivity index (χ4n) is 3.16. The maximum absolute atomic E-state index is 12.3. The molecule has 0 radical (unpaired) electrons. The van der Waals surface area contributed by atoms with Gasteiger partial charge in [-0.25, -0.2) is 4.79 Å². The largest absolute Gasteiger partial charge is 0.334 e. The molecular weight excluding hydrogens is 324 g/mol. The van der Waals surface area contributed by atoms with Crippen LogP contribution in [0.4, 0.5) is 4.79 Å². The lowest BCUT2D eigenvalue weighted by molar-refractivity contribution is 0.135. The Bertz CT molecular complexity index is 786. The number of benzene rings is 2. The number of nitrogens with zero attached hydrogens (tertiary/aromatic N) is 3. The standard InChI is InChI=1S/C21H24N4O/c1-17-3-2-4-20(13-17)16-24-9-11-25(12-10-24)21(26)23-15-19-7-5-18(14-22)6-8-19/h2-8,13H,9-12,15-16H2,1H3,(H,23,26). The van der Waals surface area contributed by atoms with Crippen molar-refractivity contribution in [1.82, 2.24) is 15.1 Å². The number of piperazine rings is 1. The van der Waals surface area contributed by atoms with Crippen molar-refractivity contribution < 1.29 is 4.79 Å². The van der Waals surface area contributed by atoms with Gasteiger partial charge in [-0.3, -0.25) is 4.90 Å². The van der Waals surface area contributed by atoms with Gasteiger partial charge in [-0.15, -0.1) is 0 Å². The fraction of sp³-hybridized carbons (Fsp3) is 0.333. The molecule has 1 N–H and O–H groups in total. The minimum Gasteiger partial charge on any atom is -0.334 e. The number of carbonyl (C=O) groups is 1. The number of amides is 2. The van der Waals surface area contributed by atoms with E-state index in [4.69, 9.17) is 5.26 Å². The number of nitriles is 1. The Hall–Kier alpha value is -2.84.